The van der Waals surface area contributed by atoms with E-state index in [9.17, 15) is 4.79 Å². The first-order chi connectivity index (χ1) is 10.1. The van der Waals surface area contributed by atoms with Crippen LogP contribution in [0.15, 0.2) is 18.2 Å². The standard InChI is InChI=1S/C15H23N3O3/c1-4-17-15(19)10-5-6-12(11(16)7-10)18-8-13(20-2)14(9-18)21-3/h5-7,13-14H,4,8-9,16H2,1-3H3,(H,17,19). The number of rotatable bonds is 5. The number of nitrogen functional groups attached to an aromatic ring is 1. The average Bonchev–Trinajstić information content (AvgIpc) is 2.90. The van der Waals surface area contributed by atoms with Crippen LogP contribution in [0.2, 0.25) is 0 Å². The van der Waals surface area contributed by atoms with E-state index in [0.29, 0.717) is 17.8 Å². The van der Waals surface area contributed by atoms with E-state index in [1.54, 1.807) is 26.4 Å². The molecule has 0 aliphatic carbocycles. The summed E-state index contributed by atoms with van der Waals surface area (Å²) in [5.74, 6) is -0.110. The second kappa shape index (κ2) is 6.78. The lowest BCUT2D eigenvalue weighted by Gasteiger charge is -2.20. The second-order valence-corrected chi connectivity index (χ2v) is 5.09. The molecular formula is C15H23N3O3. The van der Waals surface area contributed by atoms with Gasteiger partial charge < -0.3 is 25.4 Å². The molecule has 1 heterocycles. The van der Waals surface area contributed by atoms with Crippen LogP contribution in [-0.4, -0.2) is 52.0 Å². The van der Waals surface area contributed by atoms with Gasteiger partial charge in [-0.15, -0.1) is 0 Å². The number of nitrogens with one attached hydrogen (secondary N) is 1. The molecule has 0 aromatic heterocycles. The number of ether oxygens (including phenoxy) is 2. The van der Waals surface area contributed by atoms with E-state index in [-0.39, 0.29) is 18.1 Å². The van der Waals surface area contributed by atoms with Crippen LogP contribution in [0.3, 0.4) is 0 Å². The number of hydrogen-bond donors (Lipinski definition) is 2. The Labute approximate surface area is 125 Å². The zero-order valence-corrected chi connectivity index (χ0v) is 12.8. The zero-order valence-electron chi connectivity index (χ0n) is 12.8. The molecule has 2 atom stereocenters. The molecule has 1 aromatic rings. The molecule has 1 fully saturated rings. The molecule has 116 valence electrons. The second-order valence-electron chi connectivity index (χ2n) is 5.09. The molecule has 0 saturated carbocycles. The topological polar surface area (TPSA) is 76.8 Å². The van der Waals surface area contributed by atoms with Gasteiger partial charge in [-0.05, 0) is 25.1 Å². The van der Waals surface area contributed by atoms with E-state index in [2.05, 4.69) is 10.2 Å². The van der Waals surface area contributed by atoms with Crippen molar-refractivity contribution in [2.24, 2.45) is 0 Å². The average molecular weight is 293 g/mol. The Balaban J connectivity index is 2.16. The van der Waals surface area contributed by atoms with Crippen LogP contribution in [0.1, 0.15) is 17.3 Å². The number of methoxy groups -OCH3 is 2. The zero-order chi connectivity index (χ0) is 15.4. The highest BCUT2D eigenvalue weighted by atomic mass is 16.5. The van der Waals surface area contributed by atoms with E-state index < -0.39 is 0 Å². The number of amides is 1. The highest BCUT2D eigenvalue weighted by Gasteiger charge is 2.33. The molecule has 21 heavy (non-hydrogen) atoms. The molecule has 1 aliphatic heterocycles. The van der Waals surface area contributed by atoms with Gasteiger partial charge in [-0.1, -0.05) is 0 Å². The monoisotopic (exact) mass is 293 g/mol. The van der Waals surface area contributed by atoms with Crippen LogP contribution in [0.4, 0.5) is 11.4 Å². The molecule has 0 radical (unpaired) electrons. The summed E-state index contributed by atoms with van der Waals surface area (Å²) in [6, 6.07) is 5.38. The van der Waals surface area contributed by atoms with Crippen LogP contribution in [0, 0.1) is 0 Å². The van der Waals surface area contributed by atoms with Crippen molar-refractivity contribution in [3.63, 3.8) is 0 Å². The SMILES string of the molecule is CCNC(=O)c1ccc(N2CC(OC)C(OC)C2)c(N)c1. The Morgan fingerprint density at radius 1 is 1.33 bits per heavy atom. The van der Waals surface area contributed by atoms with Gasteiger partial charge in [0.1, 0.15) is 12.2 Å². The van der Waals surface area contributed by atoms with Crippen molar-refractivity contribution < 1.29 is 14.3 Å². The van der Waals surface area contributed by atoms with Gasteiger partial charge in [-0.2, -0.15) is 0 Å². The molecule has 0 spiro atoms. The largest absolute Gasteiger partial charge is 0.397 e. The van der Waals surface area contributed by atoms with Crippen molar-refractivity contribution >= 4 is 17.3 Å². The number of anilines is 2. The first kappa shape index (κ1) is 15.6. The van der Waals surface area contributed by atoms with E-state index in [1.807, 2.05) is 13.0 Å². The minimum absolute atomic E-state index is 0.0254. The smallest absolute Gasteiger partial charge is 0.251 e. The van der Waals surface area contributed by atoms with Gasteiger partial charge >= 0.3 is 0 Å². The number of nitrogens with two attached hydrogens (primary N) is 1. The van der Waals surface area contributed by atoms with Gasteiger partial charge in [0.05, 0.1) is 11.4 Å². The lowest BCUT2D eigenvalue weighted by Crippen LogP contribution is -2.27. The van der Waals surface area contributed by atoms with Crippen LogP contribution in [-0.2, 0) is 9.47 Å². The quantitative estimate of drug-likeness (QED) is 0.788. The van der Waals surface area contributed by atoms with Crippen LogP contribution in [0.25, 0.3) is 0 Å². The number of carbonyl (C=O) groups excluding carboxylic acids is 1. The summed E-state index contributed by atoms with van der Waals surface area (Å²) in [6.07, 6.45) is 0.0509. The van der Waals surface area contributed by atoms with Gasteiger partial charge in [0.2, 0.25) is 0 Å². The maximum absolute atomic E-state index is 11.8. The van der Waals surface area contributed by atoms with Crippen LogP contribution >= 0.6 is 0 Å². The highest BCUT2D eigenvalue weighted by molar-refractivity contribution is 5.96. The summed E-state index contributed by atoms with van der Waals surface area (Å²) in [5.41, 5.74) is 8.17. The number of hydrogen-bond acceptors (Lipinski definition) is 5. The first-order valence-corrected chi connectivity index (χ1v) is 7.09. The summed E-state index contributed by atoms with van der Waals surface area (Å²) in [5, 5.41) is 2.76. The normalized spacial score (nSPS) is 21.6. The Kier molecular flexibility index (Phi) is 5.03. The lowest BCUT2D eigenvalue weighted by atomic mass is 10.1. The molecule has 0 bridgehead atoms. The van der Waals surface area contributed by atoms with Gasteiger partial charge in [-0.25, -0.2) is 0 Å². The molecule has 1 amide bonds. The molecular weight excluding hydrogens is 270 g/mol. The fourth-order valence-corrected chi connectivity index (χ4v) is 2.64. The lowest BCUT2D eigenvalue weighted by molar-refractivity contribution is -0.00461. The Morgan fingerprint density at radius 3 is 2.43 bits per heavy atom. The summed E-state index contributed by atoms with van der Waals surface area (Å²) >= 11 is 0. The van der Waals surface area contributed by atoms with E-state index in [1.165, 1.54) is 0 Å². The first-order valence-electron chi connectivity index (χ1n) is 7.09. The van der Waals surface area contributed by atoms with E-state index >= 15 is 0 Å². The number of benzene rings is 1. The third-order valence-electron chi connectivity index (χ3n) is 3.79. The van der Waals surface area contributed by atoms with Gasteiger partial charge in [0.25, 0.3) is 5.91 Å². The van der Waals surface area contributed by atoms with Crippen molar-refractivity contribution in [1.29, 1.82) is 0 Å². The molecule has 6 heteroatoms. The van der Waals surface area contributed by atoms with Gasteiger partial charge in [-0.3, -0.25) is 4.79 Å². The maximum Gasteiger partial charge on any atom is 0.251 e. The maximum atomic E-state index is 11.8. The third kappa shape index (κ3) is 3.28. The van der Waals surface area contributed by atoms with E-state index in [4.69, 9.17) is 15.2 Å². The predicted octanol–water partition coefficient (Wildman–Crippen LogP) is 0.869. The Hall–Kier alpha value is -1.79. The number of nitrogens with zero attached hydrogens (tertiary/aromatic N) is 1. The van der Waals surface area contributed by atoms with Crippen molar-refractivity contribution in [3.05, 3.63) is 23.8 Å². The fourth-order valence-electron chi connectivity index (χ4n) is 2.64. The summed E-state index contributed by atoms with van der Waals surface area (Å²) in [7, 11) is 3.36. The van der Waals surface area contributed by atoms with Gasteiger partial charge in [0.15, 0.2) is 0 Å². The van der Waals surface area contributed by atoms with Crippen LogP contribution < -0.4 is 16.0 Å². The molecule has 6 nitrogen and oxygen atoms in total. The minimum Gasteiger partial charge on any atom is -0.397 e. The molecule has 3 N–H and O–H groups in total. The highest BCUT2D eigenvalue weighted by Crippen LogP contribution is 2.29. The molecule has 2 rings (SSSR count). The molecule has 2 unspecified atom stereocenters. The predicted molar refractivity (Wildman–Crippen MR) is 82.7 cm³/mol. The van der Waals surface area contributed by atoms with Crippen LogP contribution in [0.5, 0.6) is 0 Å². The Morgan fingerprint density at radius 2 is 1.95 bits per heavy atom. The van der Waals surface area contributed by atoms with Crippen molar-refractivity contribution in [2.45, 2.75) is 19.1 Å². The Bertz CT molecular complexity index is 495. The van der Waals surface area contributed by atoms with Crippen molar-refractivity contribution in [2.75, 3.05) is 44.5 Å². The summed E-state index contributed by atoms with van der Waals surface area (Å²) < 4.78 is 10.9. The molecule has 1 aromatic carbocycles. The number of carbonyl (C=O) groups is 1. The van der Waals surface area contributed by atoms with Crippen molar-refractivity contribution in [1.82, 2.24) is 5.32 Å². The van der Waals surface area contributed by atoms with E-state index in [0.717, 1.165) is 18.8 Å². The van der Waals surface area contributed by atoms with Crippen molar-refractivity contribution in [3.8, 4) is 0 Å². The summed E-state index contributed by atoms with van der Waals surface area (Å²) in [6.45, 7) is 3.92. The fraction of sp³-hybridized carbons (Fsp3) is 0.533. The minimum atomic E-state index is -0.110. The summed E-state index contributed by atoms with van der Waals surface area (Å²) in [4.78, 5) is 13.9. The third-order valence-corrected chi connectivity index (χ3v) is 3.79. The molecule has 1 saturated heterocycles. The van der Waals surface area contributed by atoms with Gasteiger partial charge in [0, 0.05) is 39.4 Å². The molecule has 1 aliphatic rings.